The van der Waals surface area contributed by atoms with Crippen molar-refractivity contribution < 1.29 is 18.9 Å². The molecule has 5 nitrogen and oxygen atoms in total. The Bertz CT molecular complexity index is 590. The third-order valence-corrected chi connectivity index (χ3v) is 3.32. The molecule has 21 heavy (non-hydrogen) atoms. The Balaban J connectivity index is 1.42. The first-order valence-electron chi connectivity index (χ1n) is 6.85. The van der Waals surface area contributed by atoms with Crippen LogP contribution < -0.4 is 24.3 Å². The molecule has 2 unspecified atom stereocenters. The SMILES string of the molecule is c1ccc2c(c1)OCC([N]C1COc3ccccc3O1)O2. The van der Waals surface area contributed by atoms with E-state index in [0.29, 0.717) is 24.7 Å². The van der Waals surface area contributed by atoms with Crippen molar-refractivity contribution in [3.8, 4) is 23.0 Å². The Kier molecular flexibility index (Phi) is 3.05. The second kappa shape index (κ2) is 5.18. The number of hydrogen-bond donors (Lipinski definition) is 0. The number of para-hydroxylation sites is 4. The van der Waals surface area contributed by atoms with E-state index in [1.165, 1.54) is 0 Å². The van der Waals surface area contributed by atoms with Gasteiger partial charge in [0.05, 0.1) is 0 Å². The maximum absolute atomic E-state index is 5.80. The highest BCUT2D eigenvalue weighted by atomic mass is 16.6. The summed E-state index contributed by atoms with van der Waals surface area (Å²) in [5.41, 5.74) is 0. The molecule has 0 amide bonds. The lowest BCUT2D eigenvalue weighted by atomic mass is 10.3. The van der Waals surface area contributed by atoms with E-state index in [9.17, 15) is 0 Å². The number of benzene rings is 2. The zero-order chi connectivity index (χ0) is 14.1. The lowest BCUT2D eigenvalue weighted by molar-refractivity contribution is -0.0115. The smallest absolute Gasteiger partial charge is 0.202 e. The summed E-state index contributed by atoms with van der Waals surface area (Å²) in [6.45, 7) is 0.747. The second-order valence-electron chi connectivity index (χ2n) is 4.81. The van der Waals surface area contributed by atoms with Crippen LogP contribution in [0.3, 0.4) is 0 Å². The van der Waals surface area contributed by atoms with Gasteiger partial charge in [-0.1, -0.05) is 24.3 Å². The summed E-state index contributed by atoms with van der Waals surface area (Å²) >= 11 is 0. The third-order valence-electron chi connectivity index (χ3n) is 3.32. The van der Waals surface area contributed by atoms with E-state index < -0.39 is 12.5 Å². The van der Waals surface area contributed by atoms with Crippen LogP contribution >= 0.6 is 0 Å². The fourth-order valence-corrected chi connectivity index (χ4v) is 2.35. The van der Waals surface area contributed by atoms with Gasteiger partial charge in [0.1, 0.15) is 13.2 Å². The molecule has 0 aromatic heterocycles. The van der Waals surface area contributed by atoms with Gasteiger partial charge in [-0.3, -0.25) is 0 Å². The zero-order valence-corrected chi connectivity index (χ0v) is 11.3. The van der Waals surface area contributed by atoms with E-state index in [4.69, 9.17) is 18.9 Å². The van der Waals surface area contributed by atoms with Crippen molar-refractivity contribution >= 4 is 0 Å². The summed E-state index contributed by atoms with van der Waals surface area (Å²) in [5, 5.41) is 4.50. The fraction of sp³-hybridized carbons (Fsp3) is 0.250. The molecule has 5 heteroatoms. The first-order chi connectivity index (χ1) is 10.4. The molecule has 0 fully saturated rings. The van der Waals surface area contributed by atoms with Crippen molar-refractivity contribution in [3.63, 3.8) is 0 Å². The summed E-state index contributed by atoms with van der Waals surface area (Å²) in [6, 6.07) is 15.1. The Labute approximate surface area is 122 Å². The molecule has 2 heterocycles. The molecule has 0 spiro atoms. The largest absolute Gasteiger partial charge is 0.484 e. The molecule has 0 aliphatic carbocycles. The highest BCUT2D eigenvalue weighted by molar-refractivity contribution is 5.41. The quantitative estimate of drug-likeness (QED) is 0.848. The molecule has 0 saturated carbocycles. The molecule has 2 aromatic rings. The van der Waals surface area contributed by atoms with Crippen LogP contribution in [-0.2, 0) is 0 Å². The van der Waals surface area contributed by atoms with E-state index in [0.717, 1.165) is 11.5 Å². The van der Waals surface area contributed by atoms with Gasteiger partial charge in [0.2, 0.25) is 12.5 Å². The van der Waals surface area contributed by atoms with Crippen LogP contribution in [0.4, 0.5) is 0 Å². The highest BCUT2D eigenvalue weighted by Crippen LogP contribution is 2.33. The molecule has 2 atom stereocenters. The molecule has 2 aromatic carbocycles. The predicted octanol–water partition coefficient (Wildman–Crippen LogP) is 2.19. The second-order valence-corrected chi connectivity index (χ2v) is 4.81. The van der Waals surface area contributed by atoms with Gasteiger partial charge in [0, 0.05) is 0 Å². The lowest BCUT2D eigenvalue weighted by Gasteiger charge is -2.31. The summed E-state index contributed by atoms with van der Waals surface area (Å²) in [6.07, 6.45) is -0.780. The summed E-state index contributed by atoms with van der Waals surface area (Å²) < 4.78 is 22.9. The number of nitrogens with zero attached hydrogens (tertiary/aromatic N) is 1. The van der Waals surface area contributed by atoms with Gasteiger partial charge in [0.15, 0.2) is 23.0 Å². The van der Waals surface area contributed by atoms with Crippen molar-refractivity contribution in [1.82, 2.24) is 5.32 Å². The average Bonchev–Trinajstić information content (AvgIpc) is 2.55. The molecular formula is C16H14NO4. The topological polar surface area (TPSA) is 51.0 Å². The van der Waals surface area contributed by atoms with Crippen LogP contribution in [-0.4, -0.2) is 25.7 Å². The molecule has 0 N–H and O–H groups in total. The third kappa shape index (κ3) is 2.48. The van der Waals surface area contributed by atoms with Crippen LogP contribution in [0.5, 0.6) is 23.0 Å². The Morgan fingerprint density at radius 2 is 1.10 bits per heavy atom. The van der Waals surface area contributed by atoms with Crippen LogP contribution in [0.15, 0.2) is 48.5 Å². The van der Waals surface area contributed by atoms with Gasteiger partial charge in [-0.05, 0) is 24.3 Å². The van der Waals surface area contributed by atoms with E-state index >= 15 is 0 Å². The van der Waals surface area contributed by atoms with Crippen molar-refractivity contribution in [2.24, 2.45) is 0 Å². The number of fused-ring (bicyclic) bond motifs is 2. The van der Waals surface area contributed by atoms with Crippen molar-refractivity contribution in [2.75, 3.05) is 13.2 Å². The molecule has 4 rings (SSSR count). The normalized spacial score (nSPS) is 22.7. The van der Waals surface area contributed by atoms with Gasteiger partial charge in [-0.2, -0.15) is 5.32 Å². The average molecular weight is 284 g/mol. The van der Waals surface area contributed by atoms with Crippen LogP contribution in [0.2, 0.25) is 0 Å². The summed E-state index contributed by atoms with van der Waals surface area (Å²) in [7, 11) is 0. The highest BCUT2D eigenvalue weighted by Gasteiger charge is 2.28. The summed E-state index contributed by atoms with van der Waals surface area (Å²) in [5.74, 6) is 2.90. The van der Waals surface area contributed by atoms with Crippen LogP contribution in [0.1, 0.15) is 0 Å². The maximum atomic E-state index is 5.80. The molecule has 2 aliphatic heterocycles. The molecule has 0 bridgehead atoms. The minimum atomic E-state index is -0.390. The van der Waals surface area contributed by atoms with Crippen LogP contribution in [0, 0.1) is 0 Å². The van der Waals surface area contributed by atoms with Crippen molar-refractivity contribution in [2.45, 2.75) is 12.5 Å². The Hall–Kier alpha value is -2.40. The standard InChI is InChI=1S/C16H14NO4/c1-3-7-13-11(5-1)18-9-15(20-13)17-16-10-19-12-6-2-4-8-14(12)21-16/h1-8,15-16H,9-10H2. The maximum Gasteiger partial charge on any atom is 0.202 e. The molecule has 1 radical (unpaired) electrons. The van der Waals surface area contributed by atoms with Gasteiger partial charge >= 0.3 is 0 Å². The Morgan fingerprint density at radius 3 is 1.57 bits per heavy atom. The molecular weight excluding hydrogens is 270 g/mol. The minimum absolute atomic E-state index is 0.374. The van der Waals surface area contributed by atoms with Crippen LogP contribution in [0.25, 0.3) is 0 Å². The Morgan fingerprint density at radius 1 is 0.667 bits per heavy atom. The lowest BCUT2D eigenvalue weighted by Crippen LogP contribution is -2.47. The number of rotatable bonds is 2. The fourth-order valence-electron chi connectivity index (χ4n) is 2.35. The first kappa shape index (κ1) is 12.3. The minimum Gasteiger partial charge on any atom is -0.484 e. The van der Waals surface area contributed by atoms with E-state index in [2.05, 4.69) is 5.32 Å². The zero-order valence-electron chi connectivity index (χ0n) is 11.3. The van der Waals surface area contributed by atoms with Gasteiger partial charge in [-0.15, -0.1) is 0 Å². The number of hydrogen-bond acceptors (Lipinski definition) is 4. The molecule has 2 aliphatic rings. The number of ether oxygens (including phenoxy) is 4. The molecule has 107 valence electrons. The summed E-state index contributed by atoms with van der Waals surface area (Å²) in [4.78, 5) is 0. The van der Waals surface area contributed by atoms with E-state index in [1.807, 2.05) is 48.5 Å². The van der Waals surface area contributed by atoms with Crippen molar-refractivity contribution in [1.29, 1.82) is 0 Å². The van der Waals surface area contributed by atoms with Gasteiger partial charge in [-0.25, -0.2) is 0 Å². The predicted molar refractivity (Wildman–Crippen MR) is 74.8 cm³/mol. The van der Waals surface area contributed by atoms with Crippen molar-refractivity contribution in [3.05, 3.63) is 48.5 Å². The monoisotopic (exact) mass is 284 g/mol. The van der Waals surface area contributed by atoms with E-state index in [-0.39, 0.29) is 0 Å². The van der Waals surface area contributed by atoms with Gasteiger partial charge < -0.3 is 18.9 Å². The first-order valence-corrected chi connectivity index (χ1v) is 6.85. The molecule has 0 saturated heterocycles. The van der Waals surface area contributed by atoms with Gasteiger partial charge in [0.25, 0.3) is 0 Å². The van der Waals surface area contributed by atoms with E-state index in [1.54, 1.807) is 0 Å².